The average molecular weight is 286 g/mol. The van der Waals surface area contributed by atoms with Gasteiger partial charge in [-0.05, 0) is 69.2 Å². The zero-order chi connectivity index (χ0) is 14.8. The number of carbonyl (C=O) groups excluding carboxylic acids is 1. The molecule has 1 N–H and O–H groups in total. The van der Waals surface area contributed by atoms with Crippen LogP contribution in [0.4, 0.5) is 0 Å². The number of piperidine rings is 1. The van der Waals surface area contributed by atoms with Crippen molar-refractivity contribution >= 4 is 5.91 Å². The van der Waals surface area contributed by atoms with E-state index in [1.165, 1.54) is 24.9 Å². The summed E-state index contributed by atoms with van der Waals surface area (Å²) >= 11 is 0. The Bertz CT molecular complexity index is 512. The largest absolute Gasteiger partial charge is 0.339 e. The van der Waals surface area contributed by atoms with Crippen molar-refractivity contribution in [1.29, 1.82) is 0 Å². The Morgan fingerprint density at radius 3 is 2.62 bits per heavy atom. The first-order valence-electron chi connectivity index (χ1n) is 8.25. The minimum absolute atomic E-state index is 0.217. The SMILES string of the molecule is Cc1cccc(C(=O)N2CCC(C3CCCN3)CC2)c1C. The summed E-state index contributed by atoms with van der Waals surface area (Å²) in [6, 6.07) is 6.73. The quantitative estimate of drug-likeness (QED) is 0.906. The van der Waals surface area contributed by atoms with E-state index in [0.717, 1.165) is 43.0 Å². The summed E-state index contributed by atoms with van der Waals surface area (Å²) in [5.74, 6) is 0.976. The van der Waals surface area contributed by atoms with E-state index in [-0.39, 0.29) is 5.91 Å². The topological polar surface area (TPSA) is 32.3 Å². The lowest BCUT2D eigenvalue weighted by molar-refractivity contribution is 0.0673. The number of rotatable bonds is 2. The van der Waals surface area contributed by atoms with Crippen molar-refractivity contribution in [2.75, 3.05) is 19.6 Å². The molecule has 2 aliphatic heterocycles. The molecule has 1 aromatic carbocycles. The standard InChI is InChI=1S/C18H26N2O/c1-13-5-3-6-16(14(13)2)18(21)20-11-8-15(9-12-20)17-7-4-10-19-17/h3,5-6,15,17,19H,4,7-12H2,1-2H3. The summed E-state index contributed by atoms with van der Waals surface area (Å²) in [6.07, 6.45) is 4.92. The van der Waals surface area contributed by atoms with Crippen LogP contribution < -0.4 is 5.32 Å². The van der Waals surface area contributed by atoms with Crippen molar-refractivity contribution in [2.45, 2.75) is 45.6 Å². The first-order valence-corrected chi connectivity index (χ1v) is 8.25. The van der Waals surface area contributed by atoms with Gasteiger partial charge >= 0.3 is 0 Å². The molecule has 2 heterocycles. The molecule has 3 heteroatoms. The second kappa shape index (κ2) is 6.18. The van der Waals surface area contributed by atoms with Gasteiger partial charge in [-0.3, -0.25) is 4.79 Å². The fourth-order valence-electron chi connectivity index (χ4n) is 3.77. The van der Waals surface area contributed by atoms with E-state index in [0.29, 0.717) is 6.04 Å². The Morgan fingerprint density at radius 1 is 1.19 bits per heavy atom. The molecule has 2 fully saturated rings. The number of hydrogen-bond donors (Lipinski definition) is 1. The molecule has 0 radical (unpaired) electrons. The number of hydrogen-bond acceptors (Lipinski definition) is 2. The molecule has 0 spiro atoms. The molecule has 0 saturated carbocycles. The number of nitrogens with one attached hydrogen (secondary N) is 1. The molecule has 0 bridgehead atoms. The van der Waals surface area contributed by atoms with Crippen LogP contribution >= 0.6 is 0 Å². The highest BCUT2D eigenvalue weighted by atomic mass is 16.2. The van der Waals surface area contributed by atoms with Gasteiger partial charge < -0.3 is 10.2 Å². The van der Waals surface area contributed by atoms with Crippen LogP contribution in [0.15, 0.2) is 18.2 Å². The first-order chi connectivity index (χ1) is 10.2. The molecule has 1 amide bonds. The van der Waals surface area contributed by atoms with E-state index in [1.54, 1.807) is 0 Å². The summed E-state index contributed by atoms with van der Waals surface area (Å²) < 4.78 is 0. The number of aryl methyl sites for hydroxylation is 1. The van der Waals surface area contributed by atoms with E-state index < -0.39 is 0 Å². The lowest BCUT2D eigenvalue weighted by Crippen LogP contribution is -2.43. The van der Waals surface area contributed by atoms with Gasteiger partial charge in [-0.15, -0.1) is 0 Å². The molecule has 0 aliphatic carbocycles. The molecule has 1 aromatic rings. The van der Waals surface area contributed by atoms with Crippen molar-refractivity contribution in [3.05, 3.63) is 34.9 Å². The van der Waals surface area contributed by atoms with Crippen LogP contribution in [-0.2, 0) is 0 Å². The fourth-order valence-corrected chi connectivity index (χ4v) is 3.77. The second-order valence-electron chi connectivity index (χ2n) is 6.58. The molecular formula is C18H26N2O. The van der Waals surface area contributed by atoms with Crippen molar-refractivity contribution in [3.8, 4) is 0 Å². The second-order valence-corrected chi connectivity index (χ2v) is 6.58. The van der Waals surface area contributed by atoms with Crippen molar-refractivity contribution < 1.29 is 4.79 Å². The van der Waals surface area contributed by atoms with Crippen LogP contribution in [0.3, 0.4) is 0 Å². The zero-order valence-corrected chi connectivity index (χ0v) is 13.2. The number of benzene rings is 1. The summed E-state index contributed by atoms with van der Waals surface area (Å²) in [4.78, 5) is 14.8. The Morgan fingerprint density at radius 2 is 1.95 bits per heavy atom. The van der Waals surface area contributed by atoms with E-state index in [9.17, 15) is 4.79 Å². The highest BCUT2D eigenvalue weighted by Gasteiger charge is 2.30. The van der Waals surface area contributed by atoms with E-state index in [4.69, 9.17) is 0 Å². The van der Waals surface area contributed by atoms with Gasteiger partial charge in [0.05, 0.1) is 0 Å². The third kappa shape index (κ3) is 2.98. The van der Waals surface area contributed by atoms with Crippen LogP contribution in [0, 0.1) is 19.8 Å². The maximum absolute atomic E-state index is 12.7. The van der Waals surface area contributed by atoms with Gasteiger partial charge in [0.25, 0.3) is 5.91 Å². The minimum Gasteiger partial charge on any atom is -0.339 e. The number of likely N-dealkylation sites (tertiary alicyclic amines) is 1. The van der Waals surface area contributed by atoms with E-state index in [1.807, 2.05) is 17.0 Å². The predicted octanol–water partition coefficient (Wildman–Crippen LogP) is 2.91. The van der Waals surface area contributed by atoms with Gasteiger partial charge in [0, 0.05) is 24.7 Å². The Kier molecular flexibility index (Phi) is 4.29. The molecule has 114 valence electrons. The number of amides is 1. The minimum atomic E-state index is 0.217. The zero-order valence-electron chi connectivity index (χ0n) is 13.2. The van der Waals surface area contributed by atoms with Crippen LogP contribution in [0.2, 0.25) is 0 Å². The number of carbonyl (C=O) groups is 1. The third-order valence-electron chi connectivity index (χ3n) is 5.33. The van der Waals surface area contributed by atoms with Gasteiger partial charge in [-0.25, -0.2) is 0 Å². The highest BCUT2D eigenvalue weighted by Crippen LogP contribution is 2.27. The maximum atomic E-state index is 12.7. The van der Waals surface area contributed by atoms with Crippen LogP contribution in [-0.4, -0.2) is 36.5 Å². The monoisotopic (exact) mass is 286 g/mol. The normalized spacial score (nSPS) is 23.5. The lowest BCUT2D eigenvalue weighted by atomic mass is 9.88. The predicted molar refractivity (Wildman–Crippen MR) is 85.6 cm³/mol. The Labute approximate surface area is 127 Å². The van der Waals surface area contributed by atoms with Crippen LogP contribution in [0.25, 0.3) is 0 Å². The molecule has 3 nitrogen and oxygen atoms in total. The highest BCUT2D eigenvalue weighted by molar-refractivity contribution is 5.96. The Balaban J connectivity index is 1.63. The number of nitrogens with zero attached hydrogens (tertiary/aromatic N) is 1. The summed E-state index contributed by atoms with van der Waals surface area (Å²) in [5, 5.41) is 3.62. The fraction of sp³-hybridized carbons (Fsp3) is 0.611. The van der Waals surface area contributed by atoms with Crippen LogP contribution in [0.5, 0.6) is 0 Å². The maximum Gasteiger partial charge on any atom is 0.254 e. The van der Waals surface area contributed by atoms with Crippen molar-refractivity contribution in [3.63, 3.8) is 0 Å². The average Bonchev–Trinajstić information content (AvgIpc) is 3.04. The van der Waals surface area contributed by atoms with Crippen LogP contribution in [0.1, 0.15) is 47.2 Å². The van der Waals surface area contributed by atoms with E-state index >= 15 is 0 Å². The Hall–Kier alpha value is -1.35. The van der Waals surface area contributed by atoms with Crippen molar-refractivity contribution in [2.24, 2.45) is 5.92 Å². The van der Waals surface area contributed by atoms with Crippen molar-refractivity contribution in [1.82, 2.24) is 10.2 Å². The molecular weight excluding hydrogens is 260 g/mol. The van der Waals surface area contributed by atoms with Gasteiger partial charge in [-0.1, -0.05) is 12.1 Å². The summed E-state index contributed by atoms with van der Waals surface area (Å²) in [5.41, 5.74) is 3.21. The molecule has 2 saturated heterocycles. The summed E-state index contributed by atoms with van der Waals surface area (Å²) in [7, 11) is 0. The molecule has 21 heavy (non-hydrogen) atoms. The lowest BCUT2D eigenvalue weighted by Gasteiger charge is -2.35. The van der Waals surface area contributed by atoms with Gasteiger partial charge in [0.2, 0.25) is 0 Å². The molecule has 2 aliphatic rings. The van der Waals surface area contributed by atoms with Gasteiger partial charge in [0.1, 0.15) is 0 Å². The van der Waals surface area contributed by atoms with E-state index in [2.05, 4.69) is 25.2 Å². The van der Waals surface area contributed by atoms with Gasteiger partial charge in [-0.2, -0.15) is 0 Å². The molecule has 1 atom stereocenters. The third-order valence-corrected chi connectivity index (χ3v) is 5.33. The summed E-state index contributed by atoms with van der Waals surface area (Å²) in [6.45, 7) is 7.12. The smallest absolute Gasteiger partial charge is 0.254 e. The molecule has 1 unspecified atom stereocenters. The van der Waals surface area contributed by atoms with Gasteiger partial charge in [0.15, 0.2) is 0 Å². The molecule has 0 aromatic heterocycles. The first kappa shape index (κ1) is 14.6. The molecule has 3 rings (SSSR count).